The molecule has 3 N–H and O–H groups in total. The molecule has 0 saturated carbocycles. The van der Waals surface area contributed by atoms with Crippen molar-refractivity contribution >= 4 is 17.3 Å². The van der Waals surface area contributed by atoms with Crippen LogP contribution in [0.4, 0.5) is 11.4 Å². The highest BCUT2D eigenvalue weighted by atomic mass is 16.1. The lowest BCUT2D eigenvalue weighted by Gasteiger charge is -2.31. The third kappa shape index (κ3) is 2.89. The Morgan fingerprint density at radius 2 is 2.25 bits per heavy atom. The zero-order valence-electron chi connectivity index (χ0n) is 12.6. The van der Waals surface area contributed by atoms with E-state index in [2.05, 4.69) is 24.1 Å². The predicted molar refractivity (Wildman–Crippen MR) is 84.1 cm³/mol. The van der Waals surface area contributed by atoms with Gasteiger partial charge in [-0.1, -0.05) is 13.8 Å². The Balaban J connectivity index is 2.38. The number of nitrogens with two attached hydrogens (primary N) is 1. The number of anilines is 2. The number of carbonyl (C=O) groups excluding carboxylic acids is 1. The van der Waals surface area contributed by atoms with Gasteiger partial charge in [-0.05, 0) is 43.9 Å². The fourth-order valence-corrected chi connectivity index (χ4v) is 3.02. The molecule has 110 valence electrons. The summed E-state index contributed by atoms with van der Waals surface area (Å²) < 4.78 is 0. The molecule has 1 saturated heterocycles. The van der Waals surface area contributed by atoms with Crippen LogP contribution < -0.4 is 16.0 Å². The van der Waals surface area contributed by atoms with Gasteiger partial charge in [0, 0.05) is 24.8 Å². The van der Waals surface area contributed by atoms with Crippen LogP contribution in [0.3, 0.4) is 0 Å². The van der Waals surface area contributed by atoms with Crippen molar-refractivity contribution in [2.24, 2.45) is 5.92 Å². The summed E-state index contributed by atoms with van der Waals surface area (Å²) in [6.45, 7) is 8.04. The van der Waals surface area contributed by atoms with Crippen LogP contribution in [0, 0.1) is 5.92 Å². The molecular weight excluding hydrogens is 250 g/mol. The Bertz CT molecular complexity index is 485. The number of carbonyl (C=O) groups is 1. The standard InChI is InChI=1S/C16H25N3O/c1-4-18-16(20)13-8-7-12(17)10-15(13)19-9-5-6-14(19)11(2)3/h7-8,10-11,14H,4-6,9,17H2,1-3H3,(H,18,20). The van der Waals surface area contributed by atoms with Gasteiger partial charge in [0.1, 0.15) is 0 Å². The third-order valence-corrected chi connectivity index (χ3v) is 3.98. The van der Waals surface area contributed by atoms with Crippen molar-refractivity contribution in [1.29, 1.82) is 0 Å². The van der Waals surface area contributed by atoms with Gasteiger partial charge in [-0.2, -0.15) is 0 Å². The van der Waals surface area contributed by atoms with Crippen molar-refractivity contribution in [2.75, 3.05) is 23.7 Å². The number of amides is 1. The molecule has 0 bridgehead atoms. The Morgan fingerprint density at radius 1 is 1.50 bits per heavy atom. The molecule has 1 aromatic rings. The predicted octanol–water partition coefficient (Wildman–Crippen LogP) is 2.64. The quantitative estimate of drug-likeness (QED) is 0.831. The summed E-state index contributed by atoms with van der Waals surface area (Å²) in [6.07, 6.45) is 2.35. The van der Waals surface area contributed by atoms with Crippen LogP contribution in [0.15, 0.2) is 18.2 Å². The van der Waals surface area contributed by atoms with E-state index in [1.165, 1.54) is 12.8 Å². The lowest BCUT2D eigenvalue weighted by Crippen LogP contribution is -2.35. The van der Waals surface area contributed by atoms with E-state index in [1.807, 2.05) is 19.1 Å². The van der Waals surface area contributed by atoms with E-state index in [0.29, 0.717) is 24.2 Å². The van der Waals surface area contributed by atoms with Crippen LogP contribution in [0.1, 0.15) is 44.0 Å². The molecule has 0 spiro atoms. The second-order valence-electron chi connectivity index (χ2n) is 5.78. The van der Waals surface area contributed by atoms with Crippen LogP contribution in [-0.2, 0) is 0 Å². The second kappa shape index (κ2) is 6.16. The van der Waals surface area contributed by atoms with Crippen molar-refractivity contribution in [3.63, 3.8) is 0 Å². The third-order valence-electron chi connectivity index (χ3n) is 3.98. The summed E-state index contributed by atoms with van der Waals surface area (Å²) in [4.78, 5) is 14.6. The summed E-state index contributed by atoms with van der Waals surface area (Å²) in [5.74, 6) is 0.554. The van der Waals surface area contributed by atoms with Gasteiger partial charge >= 0.3 is 0 Å². The van der Waals surface area contributed by atoms with Crippen molar-refractivity contribution in [3.8, 4) is 0 Å². The van der Waals surface area contributed by atoms with Gasteiger partial charge in [0.15, 0.2) is 0 Å². The lowest BCUT2D eigenvalue weighted by molar-refractivity contribution is 0.0956. The molecular formula is C16H25N3O. The maximum atomic E-state index is 12.2. The molecule has 4 heteroatoms. The number of nitrogens with zero attached hydrogens (tertiary/aromatic N) is 1. The van der Waals surface area contributed by atoms with Gasteiger partial charge in [-0.25, -0.2) is 0 Å². The van der Waals surface area contributed by atoms with Crippen molar-refractivity contribution in [1.82, 2.24) is 5.32 Å². The van der Waals surface area contributed by atoms with E-state index in [0.717, 1.165) is 17.8 Å². The van der Waals surface area contributed by atoms with Gasteiger partial charge in [0.2, 0.25) is 0 Å². The highest BCUT2D eigenvalue weighted by molar-refractivity contribution is 6.00. The first-order chi connectivity index (χ1) is 9.54. The SMILES string of the molecule is CCNC(=O)c1ccc(N)cc1N1CCCC1C(C)C. The minimum Gasteiger partial charge on any atom is -0.399 e. The van der Waals surface area contributed by atoms with E-state index in [9.17, 15) is 4.79 Å². The number of nitrogen functional groups attached to an aromatic ring is 1. The van der Waals surface area contributed by atoms with Crippen molar-refractivity contribution in [3.05, 3.63) is 23.8 Å². The van der Waals surface area contributed by atoms with E-state index < -0.39 is 0 Å². The van der Waals surface area contributed by atoms with Gasteiger partial charge < -0.3 is 16.0 Å². The van der Waals surface area contributed by atoms with Crippen LogP contribution in [-0.4, -0.2) is 25.0 Å². The van der Waals surface area contributed by atoms with Crippen molar-refractivity contribution < 1.29 is 4.79 Å². The Hall–Kier alpha value is -1.71. The molecule has 1 aliphatic heterocycles. The number of rotatable bonds is 4. The molecule has 4 nitrogen and oxygen atoms in total. The largest absolute Gasteiger partial charge is 0.399 e. The molecule has 1 aliphatic rings. The van der Waals surface area contributed by atoms with E-state index in [1.54, 1.807) is 6.07 Å². The molecule has 1 fully saturated rings. The molecule has 1 aromatic carbocycles. The topological polar surface area (TPSA) is 58.4 Å². The maximum Gasteiger partial charge on any atom is 0.253 e. The molecule has 1 heterocycles. The smallest absolute Gasteiger partial charge is 0.253 e. The number of hydrogen-bond donors (Lipinski definition) is 2. The van der Waals surface area contributed by atoms with Gasteiger partial charge in [-0.3, -0.25) is 4.79 Å². The van der Waals surface area contributed by atoms with E-state index >= 15 is 0 Å². The Morgan fingerprint density at radius 3 is 2.90 bits per heavy atom. The zero-order valence-corrected chi connectivity index (χ0v) is 12.6. The molecule has 1 unspecified atom stereocenters. The fourth-order valence-electron chi connectivity index (χ4n) is 3.02. The first-order valence-electron chi connectivity index (χ1n) is 7.49. The number of benzene rings is 1. The highest BCUT2D eigenvalue weighted by Gasteiger charge is 2.29. The first-order valence-corrected chi connectivity index (χ1v) is 7.49. The monoisotopic (exact) mass is 275 g/mol. The summed E-state index contributed by atoms with van der Waals surface area (Å²) in [5, 5.41) is 2.88. The van der Waals surface area contributed by atoms with Crippen molar-refractivity contribution in [2.45, 2.75) is 39.7 Å². The number of nitrogens with one attached hydrogen (secondary N) is 1. The molecule has 2 rings (SSSR count). The van der Waals surface area contributed by atoms with Gasteiger partial charge in [0.25, 0.3) is 5.91 Å². The number of hydrogen-bond acceptors (Lipinski definition) is 3. The highest BCUT2D eigenvalue weighted by Crippen LogP contribution is 2.33. The van der Waals surface area contributed by atoms with Gasteiger partial charge in [-0.15, -0.1) is 0 Å². The average molecular weight is 275 g/mol. The maximum absolute atomic E-state index is 12.2. The molecule has 0 aromatic heterocycles. The molecule has 1 amide bonds. The zero-order chi connectivity index (χ0) is 14.7. The summed E-state index contributed by atoms with van der Waals surface area (Å²) in [6, 6.07) is 6.07. The molecule has 1 atom stereocenters. The molecule has 0 aliphatic carbocycles. The summed E-state index contributed by atoms with van der Waals surface area (Å²) in [7, 11) is 0. The average Bonchev–Trinajstić information content (AvgIpc) is 2.88. The van der Waals surface area contributed by atoms with Crippen LogP contribution in [0.5, 0.6) is 0 Å². The summed E-state index contributed by atoms with van der Waals surface area (Å²) in [5.41, 5.74) is 8.35. The Labute approximate surface area is 121 Å². The van der Waals surface area contributed by atoms with Gasteiger partial charge in [0.05, 0.1) is 11.3 Å². The van der Waals surface area contributed by atoms with E-state index in [-0.39, 0.29) is 5.91 Å². The normalized spacial score (nSPS) is 18.6. The second-order valence-corrected chi connectivity index (χ2v) is 5.78. The van der Waals surface area contributed by atoms with Crippen LogP contribution >= 0.6 is 0 Å². The lowest BCUT2D eigenvalue weighted by atomic mass is 10.0. The minimum atomic E-state index is -0.0168. The minimum absolute atomic E-state index is 0.0168. The fraction of sp³-hybridized carbons (Fsp3) is 0.562. The molecule has 20 heavy (non-hydrogen) atoms. The van der Waals surface area contributed by atoms with Crippen LogP contribution in [0.2, 0.25) is 0 Å². The first kappa shape index (κ1) is 14.7. The van der Waals surface area contributed by atoms with E-state index in [4.69, 9.17) is 5.73 Å². The molecule has 0 radical (unpaired) electrons. The summed E-state index contributed by atoms with van der Waals surface area (Å²) >= 11 is 0. The Kier molecular flexibility index (Phi) is 4.53. The van der Waals surface area contributed by atoms with Crippen LogP contribution in [0.25, 0.3) is 0 Å².